The molecule has 1 aromatic rings. The summed E-state index contributed by atoms with van der Waals surface area (Å²) in [5, 5.41) is 0. The molecular weight excluding hydrogens is 278 g/mol. The van der Waals surface area contributed by atoms with Gasteiger partial charge in [0.1, 0.15) is 0 Å². The van der Waals surface area contributed by atoms with Crippen LogP contribution in [0.2, 0.25) is 0 Å². The second-order valence-corrected chi connectivity index (χ2v) is 5.85. The molecule has 1 aromatic carbocycles. The Morgan fingerprint density at radius 3 is 2.59 bits per heavy atom. The number of hydrogen-bond acceptors (Lipinski definition) is 2. The van der Waals surface area contributed by atoms with Crippen molar-refractivity contribution in [1.82, 2.24) is 4.90 Å². The van der Waals surface area contributed by atoms with Gasteiger partial charge in [-0.3, -0.25) is 0 Å². The Balaban J connectivity index is 1.57. The molecule has 0 aliphatic carbocycles. The standard InChI is InChI=1S/C14H20BrNO/c15-14-6-8-16(9-7-14)10-11-17-12-13-4-2-1-3-5-13/h1-5,14H,6-12H2. The summed E-state index contributed by atoms with van der Waals surface area (Å²) in [6.45, 7) is 5.03. The van der Waals surface area contributed by atoms with Crippen molar-refractivity contribution in [2.75, 3.05) is 26.2 Å². The van der Waals surface area contributed by atoms with Crippen LogP contribution in [0.25, 0.3) is 0 Å². The van der Waals surface area contributed by atoms with Crippen LogP contribution in [0.3, 0.4) is 0 Å². The predicted octanol–water partition coefficient (Wildman–Crippen LogP) is 3.06. The Hall–Kier alpha value is -0.380. The van der Waals surface area contributed by atoms with Gasteiger partial charge in [-0.2, -0.15) is 0 Å². The maximum Gasteiger partial charge on any atom is 0.0717 e. The molecule has 0 spiro atoms. The van der Waals surface area contributed by atoms with E-state index in [1.165, 1.54) is 31.5 Å². The van der Waals surface area contributed by atoms with Crippen LogP contribution in [0, 0.1) is 0 Å². The molecule has 1 aliphatic rings. The van der Waals surface area contributed by atoms with Crippen molar-refractivity contribution < 1.29 is 4.74 Å². The number of piperidine rings is 1. The topological polar surface area (TPSA) is 12.5 Å². The van der Waals surface area contributed by atoms with E-state index in [2.05, 4.69) is 45.1 Å². The molecule has 17 heavy (non-hydrogen) atoms. The minimum atomic E-state index is 0.726. The van der Waals surface area contributed by atoms with Crippen LogP contribution in [0.15, 0.2) is 30.3 Å². The van der Waals surface area contributed by atoms with Crippen molar-refractivity contribution in [2.45, 2.75) is 24.3 Å². The molecule has 0 amide bonds. The zero-order valence-corrected chi connectivity index (χ0v) is 11.7. The van der Waals surface area contributed by atoms with Crippen LogP contribution in [-0.2, 0) is 11.3 Å². The Morgan fingerprint density at radius 2 is 1.88 bits per heavy atom. The first-order valence-corrected chi connectivity index (χ1v) is 7.24. The summed E-state index contributed by atoms with van der Waals surface area (Å²) in [6.07, 6.45) is 2.53. The van der Waals surface area contributed by atoms with Crippen LogP contribution >= 0.6 is 15.9 Å². The molecule has 0 unspecified atom stereocenters. The number of rotatable bonds is 5. The Morgan fingerprint density at radius 1 is 1.18 bits per heavy atom. The number of benzene rings is 1. The van der Waals surface area contributed by atoms with Crippen molar-refractivity contribution in [3.8, 4) is 0 Å². The van der Waals surface area contributed by atoms with Gasteiger partial charge in [0, 0.05) is 11.4 Å². The SMILES string of the molecule is BrC1CCN(CCOCc2ccccc2)CC1. The summed E-state index contributed by atoms with van der Waals surface area (Å²) in [5.74, 6) is 0. The number of hydrogen-bond donors (Lipinski definition) is 0. The molecule has 1 fully saturated rings. The highest BCUT2D eigenvalue weighted by Crippen LogP contribution is 2.16. The van der Waals surface area contributed by atoms with E-state index in [-0.39, 0.29) is 0 Å². The maximum absolute atomic E-state index is 5.70. The first-order chi connectivity index (χ1) is 8.34. The van der Waals surface area contributed by atoms with E-state index in [1.807, 2.05) is 6.07 Å². The summed E-state index contributed by atoms with van der Waals surface area (Å²) < 4.78 is 5.70. The molecule has 1 saturated heterocycles. The summed E-state index contributed by atoms with van der Waals surface area (Å²) in [5.41, 5.74) is 1.26. The third-order valence-corrected chi connectivity index (χ3v) is 4.10. The molecule has 94 valence electrons. The van der Waals surface area contributed by atoms with Gasteiger partial charge in [-0.1, -0.05) is 46.3 Å². The Labute approximate surface area is 112 Å². The molecule has 1 aliphatic heterocycles. The minimum Gasteiger partial charge on any atom is -0.375 e. The van der Waals surface area contributed by atoms with Gasteiger partial charge >= 0.3 is 0 Å². The Kier molecular flexibility index (Phi) is 5.49. The van der Waals surface area contributed by atoms with Crippen molar-refractivity contribution >= 4 is 15.9 Å². The molecule has 0 saturated carbocycles. The van der Waals surface area contributed by atoms with Crippen LogP contribution in [0.1, 0.15) is 18.4 Å². The lowest BCUT2D eigenvalue weighted by Gasteiger charge is -2.29. The van der Waals surface area contributed by atoms with Gasteiger partial charge in [-0.25, -0.2) is 0 Å². The predicted molar refractivity (Wildman–Crippen MR) is 74.5 cm³/mol. The molecule has 2 rings (SSSR count). The Bertz CT molecular complexity index is 309. The minimum absolute atomic E-state index is 0.726. The third kappa shape index (κ3) is 4.78. The average Bonchev–Trinajstić information content (AvgIpc) is 2.38. The molecular formula is C14H20BrNO. The zero-order valence-electron chi connectivity index (χ0n) is 10.1. The summed E-state index contributed by atoms with van der Waals surface area (Å²) in [4.78, 5) is 3.21. The highest BCUT2D eigenvalue weighted by atomic mass is 79.9. The summed E-state index contributed by atoms with van der Waals surface area (Å²) in [7, 11) is 0. The normalized spacial score (nSPS) is 18.4. The second kappa shape index (κ2) is 7.14. The van der Waals surface area contributed by atoms with E-state index in [0.717, 1.165) is 24.6 Å². The van der Waals surface area contributed by atoms with Crippen LogP contribution in [0.5, 0.6) is 0 Å². The number of nitrogens with zero attached hydrogens (tertiary/aromatic N) is 1. The van der Waals surface area contributed by atoms with E-state index in [4.69, 9.17) is 4.74 Å². The number of ether oxygens (including phenoxy) is 1. The van der Waals surface area contributed by atoms with E-state index in [1.54, 1.807) is 0 Å². The quantitative estimate of drug-likeness (QED) is 0.612. The second-order valence-electron chi connectivity index (χ2n) is 4.55. The zero-order chi connectivity index (χ0) is 11.9. The summed E-state index contributed by atoms with van der Waals surface area (Å²) >= 11 is 3.67. The van der Waals surface area contributed by atoms with Gasteiger partial charge in [0.25, 0.3) is 0 Å². The monoisotopic (exact) mass is 297 g/mol. The number of halogens is 1. The van der Waals surface area contributed by atoms with Crippen molar-refractivity contribution in [3.05, 3.63) is 35.9 Å². The number of alkyl halides is 1. The van der Waals surface area contributed by atoms with Crippen LogP contribution < -0.4 is 0 Å². The van der Waals surface area contributed by atoms with Gasteiger partial charge in [0.05, 0.1) is 13.2 Å². The lowest BCUT2D eigenvalue weighted by atomic mass is 10.1. The molecule has 3 heteroatoms. The fourth-order valence-corrected chi connectivity index (χ4v) is 2.49. The van der Waals surface area contributed by atoms with Gasteiger partial charge in [0.15, 0.2) is 0 Å². The summed E-state index contributed by atoms with van der Waals surface area (Å²) in [6, 6.07) is 10.4. The highest BCUT2D eigenvalue weighted by molar-refractivity contribution is 9.09. The van der Waals surface area contributed by atoms with E-state index in [9.17, 15) is 0 Å². The molecule has 0 radical (unpaired) electrons. The first kappa shape index (κ1) is 13.1. The molecule has 0 bridgehead atoms. The molecule has 0 N–H and O–H groups in total. The lowest BCUT2D eigenvalue weighted by Crippen LogP contribution is -2.36. The maximum atomic E-state index is 5.70. The highest BCUT2D eigenvalue weighted by Gasteiger charge is 2.15. The van der Waals surface area contributed by atoms with Crippen molar-refractivity contribution in [2.24, 2.45) is 0 Å². The lowest BCUT2D eigenvalue weighted by molar-refractivity contribution is 0.0871. The smallest absolute Gasteiger partial charge is 0.0717 e. The van der Waals surface area contributed by atoms with E-state index < -0.39 is 0 Å². The average molecular weight is 298 g/mol. The fourth-order valence-electron chi connectivity index (χ4n) is 2.08. The van der Waals surface area contributed by atoms with Gasteiger partial charge in [-0.05, 0) is 31.5 Å². The fraction of sp³-hybridized carbons (Fsp3) is 0.571. The van der Waals surface area contributed by atoms with Gasteiger partial charge in [0.2, 0.25) is 0 Å². The van der Waals surface area contributed by atoms with E-state index >= 15 is 0 Å². The van der Waals surface area contributed by atoms with Gasteiger partial charge in [-0.15, -0.1) is 0 Å². The molecule has 0 atom stereocenters. The van der Waals surface area contributed by atoms with E-state index in [0.29, 0.717) is 0 Å². The first-order valence-electron chi connectivity index (χ1n) is 6.32. The number of likely N-dealkylation sites (tertiary alicyclic amines) is 1. The van der Waals surface area contributed by atoms with Crippen LogP contribution in [-0.4, -0.2) is 36.0 Å². The van der Waals surface area contributed by atoms with Crippen LogP contribution in [0.4, 0.5) is 0 Å². The molecule has 1 heterocycles. The van der Waals surface area contributed by atoms with Crippen molar-refractivity contribution in [1.29, 1.82) is 0 Å². The van der Waals surface area contributed by atoms with Gasteiger partial charge < -0.3 is 9.64 Å². The largest absolute Gasteiger partial charge is 0.375 e. The molecule has 2 nitrogen and oxygen atoms in total. The molecule has 0 aromatic heterocycles. The third-order valence-electron chi connectivity index (χ3n) is 3.18. The van der Waals surface area contributed by atoms with Crippen molar-refractivity contribution in [3.63, 3.8) is 0 Å².